The van der Waals surface area contributed by atoms with E-state index in [1.165, 1.54) is 0 Å². The first-order valence-electron chi connectivity index (χ1n) is 17.4. The van der Waals surface area contributed by atoms with Crippen molar-refractivity contribution in [3.8, 4) is 11.1 Å². The molecule has 0 saturated carbocycles. The smallest absolute Gasteiger partial charge is 0.169 e. The van der Waals surface area contributed by atoms with Gasteiger partial charge in [0.2, 0.25) is 0 Å². The fourth-order valence-corrected chi connectivity index (χ4v) is 7.68. The van der Waals surface area contributed by atoms with Gasteiger partial charge in [-0.1, -0.05) is 103 Å². The summed E-state index contributed by atoms with van der Waals surface area (Å²) in [5.74, 6) is 1.54. The number of hydrogen-bond acceptors (Lipinski definition) is 6. The summed E-state index contributed by atoms with van der Waals surface area (Å²) < 4.78 is 12.6. The third-order valence-electron chi connectivity index (χ3n) is 10.1. The second-order valence-corrected chi connectivity index (χ2v) is 13.2. The second-order valence-electron chi connectivity index (χ2n) is 13.2. The number of benzene rings is 7. The average Bonchev–Trinajstić information content (AvgIpc) is 3.77. The van der Waals surface area contributed by atoms with Crippen LogP contribution in [0, 0.1) is 0 Å². The van der Waals surface area contributed by atoms with Crippen LogP contribution in [0.25, 0.3) is 76.7 Å². The zero-order valence-corrected chi connectivity index (χ0v) is 27.7. The average molecular weight is 669 g/mol. The minimum atomic E-state index is -0.445. The van der Waals surface area contributed by atoms with Crippen LogP contribution in [0.5, 0.6) is 0 Å². The molecule has 6 nitrogen and oxygen atoms in total. The molecule has 0 aliphatic carbocycles. The molecular weight excluding hydrogens is 641 g/mol. The van der Waals surface area contributed by atoms with Crippen molar-refractivity contribution in [2.24, 2.45) is 9.98 Å². The first-order chi connectivity index (χ1) is 25.7. The van der Waals surface area contributed by atoms with Crippen LogP contribution in [0.4, 0.5) is 0 Å². The number of nitrogens with one attached hydrogen (secondary N) is 1. The predicted molar refractivity (Wildman–Crippen MR) is 211 cm³/mol. The normalized spacial score (nSPS) is 14.7. The maximum Gasteiger partial charge on any atom is 0.169 e. The molecule has 0 spiro atoms. The Morgan fingerprint density at radius 3 is 2.10 bits per heavy atom. The molecule has 0 saturated heterocycles. The van der Waals surface area contributed by atoms with Gasteiger partial charge in [0.15, 0.2) is 6.17 Å². The lowest BCUT2D eigenvalue weighted by atomic mass is 9.96. The Morgan fingerprint density at radius 2 is 1.19 bits per heavy atom. The molecule has 6 heteroatoms. The van der Waals surface area contributed by atoms with Crippen LogP contribution in [-0.4, -0.2) is 16.7 Å². The Kier molecular flexibility index (Phi) is 6.21. The van der Waals surface area contributed by atoms with Crippen molar-refractivity contribution in [2.75, 3.05) is 0 Å². The molecule has 52 heavy (non-hydrogen) atoms. The third kappa shape index (κ3) is 4.55. The van der Waals surface area contributed by atoms with Gasteiger partial charge < -0.3 is 14.2 Å². The van der Waals surface area contributed by atoms with E-state index in [-0.39, 0.29) is 0 Å². The molecule has 0 radical (unpaired) electrons. The van der Waals surface area contributed by atoms with Crippen molar-refractivity contribution < 1.29 is 8.83 Å². The van der Waals surface area contributed by atoms with Crippen LogP contribution in [0.15, 0.2) is 177 Å². The lowest BCUT2D eigenvalue weighted by Gasteiger charge is -2.23. The summed E-state index contributed by atoms with van der Waals surface area (Å²) in [6, 6.07) is 52.3. The number of amidine groups is 2. The third-order valence-corrected chi connectivity index (χ3v) is 10.1. The molecule has 244 valence electrons. The van der Waals surface area contributed by atoms with Crippen molar-refractivity contribution in [1.82, 2.24) is 10.3 Å². The van der Waals surface area contributed by atoms with E-state index in [1.807, 2.05) is 72.9 Å². The maximum atomic E-state index is 6.34. The number of hydrogen-bond donors (Lipinski definition) is 1. The maximum absolute atomic E-state index is 6.34. The van der Waals surface area contributed by atoms with Gasteiger partial charge in [0.1, 0.15) is 34.0 Å². The van der Waals surface area contributed by atoms with E-state index in [9.17, 15) is 0 Å². The van der Waals surface area contributed by atoms with Gasteiger partial charge in [0.05, 0.1) is 5.52 Å². The van der Waals surface area contributed by atoms with Gasteiger partial charge in [-0.25, -0.2) is 9.98 Å². The van der Waals surface area contributed by atoms with E-state index in [1.54, 1.807) is 0 Å². The minimum Gasteiger partial charge on any atom is -0.456 e. The Labute approximate surface area is 297 Å². The van der Waals surface area contributed by atoms with Crippen molar-refractivity contribution in [3.05, 3.63) is 175 Å². The van der Waals surface area contributed by atoms with Crippen LogP contribution >= 0.6 is 0 Å². The lowest BCUT2D eigenvalue weighted by Crippen LogP contribution is -2.36. The molecule has 3 aromatic heterocycles. The van der Waals surface area contributed by atoms with Crippen molar-refractivity contribution in [1.29, 1.82) is 0 Å². The molecule has 1 atom stereocenters. The number of furan rings is 2. The quantitative estimate of drug-likeness (QED) is 0.202. The largest absolute Gasteiger partial charge is 0.456 e. The molecule has 1 N–H and O–H groups in total. The molecule has 11 rings (SSSR count). The molecule has 4 heterocycles. The Morgan fingerprint density at radius 1 is 0.462 bits per heavy atom. The standard InChI is InChI=1S/C46H28N4O2/c1-2-9-27(10-3-1)44-48-45(50-46(49-44)35-14-7-17-40-43(35)34-12-4-5-15-38(34)51-40)32-21-19-28-23-30(20-18-29(28)24-32)33-13-6-16-39-42(33)36-25-31-11-8-22-47-37(31)26-41(36)52-39/h1-26,45H,(H,48,49,50). The highest BCUT2D eigenvalue weighted by atomic mass is 16.3. The number of fused-ring (bicyclic) bond motifs is 8. The molecule has 0 fully saturated rings. The summed E-state index contributed by atoms with van der Waals surface area (Å²) in [6.45, 7) is 0. The summed E-state index contributed by atoms with van der Waals surface area (Å²) in [5.41, 5.74) is 9.57. The number of rotatable bonds is 4. The molecule has 7 aromatic carbocycles. The van der Waals surface area contributed by atoms with E-state index in [0.29, 0.717) is 0 Å². The predicted octanol–water partition coefficient (Wildman–Crippen LogP) is 11.3. The zero-order chi connectivity index (χ0) is 34.2. The van der Waals surface area contributed by atoms with Crippen LogP contribution in [0.3, 0.4) is 0 Å². The fraction of sp³-hybridized carbons (Fsp3) is 0.0217. The van der Waals surface area contributed by atoms with Crippen molar-refractivity contribution in [3.63, 3.8) is 0 Å². The fourth-order valence-electron chi connectivity index (χ4n) is 7.68. The van der Waals surface area contributed by atoms with Gasteiger partial charge in [-0.05, 0) is 69.9 Å². The Bertz CT molecular complexity index is 3120. The van der Waals surface area contributed by atoms with Gasteiger partial charge in [-0.3, -0.25) is 4.98 Å². The number of pyridine rings is 1. The Hall–Kier alpha value is -7.05. The topological polar surface area (TPSA) is 75.9 Å². The van der Waals surface area contributed by atoms with Crippen molar-refractivity contribution >= 4 is 77.2 Å². The molecule has 0 amide bonds. The monoisotopic (exact) mass is 668 g/mol. The molecule has 1 aliphatic rings. The zero-order valence-electron chi connectivity index (χ0n) is 27.7. The van der Waals surface area contributed by atoms with E-state index in [0.717, 1.165) is 105 Å². The highest BCUT2D eigenvalue weighted by Gasteiger charge is 2.24. The van der Waals surface area contributed by atoms with Gasteiger partial charge in [-0.15, -0.1) is 0 Å². The first kappa shape index (κ1) is 28.8. The highest BCUT2D eigenvalue weighted by Crippen LogP contribution is 2.39. The van der Waals surface area contributed by atoms with E-state index in [2.05, 4.69) is 95.2 Å². The highest BCUT2D eigenvalue weighted by molar-refractivity contribution is 6.23. The molecule has 0 bridgehead atoms. The summed E-state index contributed by atoms with van der Waals surface area (Å²) in [5, 5.41) is 11.2. The van der Waals surface area contributed by atoms with Crippen LogP contribution in [-0.2, 0) is 0 Å². The van der Waals surface area contributed by atoms with Crippen LogP contribution in [0.2, 0.25) is 0 Å². The van der Waals surface area contributed by atoms with E-state index in [4.69, 9.17) is 18.8 Å². The molecular formula is C46H28N4O2. The summed E-state index contributed by atoms with van der Waals surface area (Å²) in [6.07, 6.45) is 1.37. The van der Waals surface area contributed by atoms with Gasteiger partial charge in [0, 0.05) is 50.3 Å². The molecule has 10 aromatic rings. The number of nitrogens with zero attached hydrogens (tertiary/aromatic N) is 3. The van der Waals surface area contributed by atoms with Crippen LogP contribution < -0.4 is 5.32 Å². The number of aromatic nitrogens is 1. The molecule has 1 aliphatic heterocycles. The van der Waals surface area contributed by atoms with E-state index < -0.39 is 6.17 Å². The summed E-state index contributed by atoms with van der Waals surface area (Å²) in [4.78, 5) is 14.9. The van der Waals surface area contributed by atoms with Crippen LogP contribution in [0.1, 0.15) is 22.9 Å². The van der Waals surface area contributed by atoms with Gasteiger partial charge in [-0.2, -0.15) is 0 Å². The number of para-hydroxylation sites is 1. The minimum absolute atomic E-state index is 0.445. The second kappa shape index (κ2) is 11.2. The summed E-state index contributed by atoms with van der Waals surface area (Å²) in [7, 11) is 0. The lowest BCUT2D eigenvalue weighted by molar-refractivity contribution is 0.668. The Balaban J connectivity index is 1.03. The summed E-state index contributed by atoms with van der Waals surface area (Å²) >= 11 is 0. The first-order valence-corrected chi connectivity index (χ1v) is 17.4. The van der Waals surface area contributed by atoms with Gasteiger partial charge in [0.25, 0.3) is 0 Å². The van der Waals surface area contributed by atoms with Crippen molar-refractivity contribution in [2.45, 2.75) is 6.17 Å². The number of aliphatic imine (C=N–C) groups is 2. The van der Waals surface area contributed by atoms with Gasteiger partial charge >= 0.3 is 0 Å². The SMILES string of the molecule is c1ccc(C2=NC(c3ccc4cc(-c5cccc6oc7cc8ncccc8cc7c56)ccc4c3)N=C(c3cccc4oc5ccccc5c34)N2)cc1. The molecule has 1 unspecified atom stereocenters. The van der Waals surface area contributed by atoms with E-state index >= 15 is 0 Å².